The third-order valence-electron chi connectivity index (χ3n) is 2.60. The van der Waals surface area contributed by atoms with Crippen molar-refractivity contribution in [2.45, 2.75) is 19.8 Å². The average molecular weight is 276 g/mol. The lowest BCUT2D eigenvalue weighted by atomic mass is 10.2. The van der Waals surface area contributed by atoms with Crippen LogP contribution >= 0.6 is 0 Å². The van der Waals surface area contributed by atoms with Gasteiger partial charge in [0.15, 0.2) is 6.61 Å². The average Bonchev–Trinajstić information content (AvgIpc) is 2.92. The zero-order chi connectivity index (χ0) is 14.4. The molecule has 0 unspecified atom stereocenters. The van der Waals surface area contributed by atoms with Gasteiger partial charge >= 0.3 is 11.9 Å². The molecule has 0 aliphatic carbocycles. The molecule has 0 saturated carbocycles. The largest absolute Gasteiger partial charge is 0.463 e. The van der Waals surface area contributed by atoms with Crippen molar-refractivity contribution in [2.24, 2.45) is 10.3 Å². The van der Waals surface area contributed by atoms with Crippen LogP contribution in [0.3, 0.4) is 0 Å². The van der Waals surface area contributed by atoms with Crippen LogP contribution in [0.15, 0.2) is 28.5 Å². The van der Waals surface area contributed by atoms with Crippen LogP contribution in [-0.2, 0) is 14.3 Å². The van der Waals surface area contributed by atoms with Crippen molar-refractivity contribution in [3.8, 4) is 0 Å². The fraction of sp³-hybridized carbons (Fsp3) is 0.385. The zero-order valence-corrected chi connectivity index (χ0v) is 11.0. The van der Waals surface area contributed by atoms with E-state index in [9.17, 15) is 9.59 Å². The van der Waals surface area contributed by atoms with E-state index in [1.807, 2.05) is 6.92 Å². The van der Waals surface area contributed by atoms with E-state index in [0.717, 1.165) is 12.8 Å². The van der Waals surface area contributed by atoms with E-state index in [0.29, 0.717) is 23.5 Å². The lowest BCUT2D eigenvalue weighted by Crippen LogP contribution is -2.17. The van der Waals surface area contributed by atoms with Gasteiger partial charge in [-0.05, 0) is 29.8 Å². The van der Waals surface area contributed by atoms with Crippen LogP contribution in [0.4, 0.5) is 11.4 Å². The van der Waals surface area contributed by atoms with Crippen molar-refractivity contribution < 1.29 is 19.1 Å². The summed E-state index contributed by atoms with van der Waals surface area (Å²) in [7, 11) is 0. The number of unbranched alkanes of at least 4 members (excludes halogenated alkanes) is 1. The molecule has 0 saturated heterocycles. The normalized spacial score (nSPS) is 11.7. The Hall–Kier alpha value is -2.44. The number of ether oxygens (including phenoxy) is 2. The quantitative estimate of drug-likeness (QED) is 0.589. The molecular weight excluding hydrogens is 262 g/mol. The highest BCUT2D eigenvalue weighted by molar-refractivity contribution is 5.92. The fourth-order valence-corrected chi connectivity index (χ4v) is 1.51. The second-order valence-corrected chi connectivity index (χ2v) is 4.14. The summed E-state index contributed by atoms with van der Waals surface area (Å²) in [5, 5.41) is 7.24. The molecule has 0 fully saturated rings. The number of carbonyl (C=O) groups is 2. The molecule has 1 heterocycles. The van der Waals surface area contributed by atoms with Gasteiger partial charge in [0, 0.05) is 0 Å². The van der Waals surface area contributed by atoms with Gasteiger partial charge in [-0.3, -0.25) is 0 Å². The van der Waals surface area contributed by atoms with Crippen LogP contribution in [0, 0.1) is 0 Å². The summed E-state index contributed by atoms with van der Waals surface area (Å²) >= 11 is 0. The summed E-state index contributed by atoms with van der Waals surface area (Å²) in [5.74, 6) is -1.16. The Bertz CT molecular complexity index is 542. The molecule has 7 heteroatoms. The van der Waals surface area contributed by atoms with E-state index in [-0.39, 0.29) is 0 Å². The fourth-order valence-electron chi connectivity index (χ4n) is 1.51. The molecule has 1 radical (unpaired) electrons. The second kappa shape index (κ2) is 6.65. The first-order valence-corrected chi connectivity index (χ1v) is 6.29. The minimum atomic E-state index is -0.609. The second-order valence-electron chi connectivity index (χ2n) is 4.14. The Kier molecular flexibility index (Phi) is 4.65. The summed E-state index contributed by atoms with van der Waals surface area (Å²) in [6, 6.07) is 4.68. The molecule has 1 aliphatic heterocycles. The number of hydrogen-bond donors (Lipinski definition) is 0. The van der Waals surface area contributed by atoms with Gasteiger partial charge in [-0.25, -0.2) is 9.59 Å². The molecule has 0 aromatic heterocycles. The van der Waals surface area contributed by atoms with Crippen molar-refractivity contribution in [1.82, 2.24) is 5.43 Å². The predicted octanol–water partition coefficient (Wildman–Crippen LogP) is 2.43. The predicted molar refractivity (Wildman–Crippen MR) is 68.9 cm³/mol. The highest BCUT2D eigenvalue weighted by Crippen LogP contribution is 2.31. The van der Waals surface area contributed by atoms with Gasteiger partial charge < -0.3 is 9.47 Å². The molecule has 0 N–H and O–H groups in total. The van der Waals surface area contributed by atoms with Crippen LogP contribution in [0.2, 0.25) is 0 Å². The van der Waals surface area contributed by atoms with Gasteiger partial charge in [0.25, 0.3) is 0 Å². The van der Waals surface area contributed by atoms with Crippen molar-refractivity contribution in [3.63, 3.8) is 0 Å². The molecule has 1 aromatic carbocycles. The van der Waals surface area contributed by atoms with Crippen LogP contribution in [0.25, 0.3) is 0 Å². The summed E-state index contributed by atoms with van der Waals surface area (Å²) in [6.07, 6.45) is 1.72. The highest BCUT2D eigenvalue weighted by atomic mass is 16.6. The number of fused-ring (bicyclic) bond motifs is 1. The van der Waals surface area contributed by atoms with E-state index < -0.39 is 18.5 Å². The van der Waals surface area contributed by atoms with E-state index >= 15 is 0 Å². The molecule has 1 aliphatic rings. The number of rotatable bonds is 6. The molecular formula is C13H14N3O4. The lowest BCUT2D eigenvalue weighted by molar-refractivity contribution is -0.147. The Balaban J connectivity index is 1.83. The number of nitrogens with zero attached hydrogens (tertiary/aromatic N) is 3. The summed E-state index contributed by atoms with van der Waals surface area (Å²) in [6.45, 7) is 1.93. The number of carbonyl (C=O) groups excluding carboxylic acids is 2. The van der Waals surface area contributed by atoms with Gasteiger partial charge in [0.1, 0.15) is 11.4 Å². The van der Waals surface area contributed by atoms with Gasteiger partial charge in [-0.15, -0.1) is 10.5 Å². The van der Waals surface area contributed by atoms with Gasteiger partial charge in [-0.1, -0.05) is 13.3 Å². The first-order chi connectivity index (χ1) is 9.70. The van der Waals surface area contributed by atoms with Crippen LogP contribution < -0.4 is 5.43 Å². The summed E-state index contributed by atoms with van der Waals surface area (Å²) in [5.41, 5.74) is 5.14. The first-order valence-electron chi connectivity index (χ1n) is 6.29. The van der Waals surface area contributed by atoms with E-state index in [1.54, 1.807) is 12.1 Å². The standard InChI is InChI=1S/C13H14N3O4/c1-2-3-6-19-12(17)8-20-13(18)9-4-5-10-11(7-9)15-16-14-10/h4-5,7H,2-3,6,8H2,1H3. The lowest BCUT2D eigenvalue weighted by Gasteiger charge is -2.06. The van der Waals surface area contributed by atoms with E-state index in [2.05, 4.69) is 15.8 Å². The Morgan fingerprint density at radius 2 is 2.05 bits per heavy atom. The Morgan fingerprint density at radius 3 is 2.85 bits per heavy atom. The molecule has 0 bridgehead atoms. The topological polar surface area (TPSA) is 91.4 Å². The highest BCUT2D eigenvalue weighted by Gasteiger charge is 2.15. The Morgan fingerprint density at radius 1 is 1.20 bits per heavy atom. The van der Waals surface area contributed by atoms with Crippen molar-refractivity contribution in [1.29, 1.82) is 0 Å². The van der Waals surface area contributed by atoms with Crippen molar-refractivity contribution >= 4 is 23.3 Å². The molecule has 0 atom stereocenters. The molecule has 2 rings (SSSR count). The van der Waals surface area contributed by atoms with Crippen molar-refractivity contribution in [2.75, 3.05) is 13.2 Å². The SMILES string of the molecule is CCCCOC(=O)COC(=O)c1ccc2c(c1)N=N[N]2. The van der Waals surface area contributed by atoms with Gasteiger partial charge in [-0.2, -0.15) is 0 Å². The maximum atomic E-state index is 11.7. The first kappa shape index (κ1) is 14.0. The molecule has 105 valence electrons. The van der Waals surface area contributed by atoms with Crippen LogP contribution in [0.1, 0.15) is 30.1 Å². The molecule has 0 spiro atoms. The van der Waals surface area contributed by atoms with E-state index in [4.69, 9.17) is 9.47 Å². The number of hydrogen-bond acceptors (Lipinski definition) is 6. The minimum Gasteiger partial charge on any atom is -0.463 e. The third kappa shape index (κ3) is 3.53. The van der Waals surface area contributed by atoms with Crippen LogP contribution in [0.5, 0.6) is 0 Å². The number of esters is 2. The van der Waals surface area contributed by atoms with Gasteiger partial charge in [0.05, 0.1) is 12.2 Å². The molecule has 1 aromatic rings. The summed E-state index contributed by atoms with van der Waals surface area (Å²) in [4.78, 5) is 23.0. The van der Waals surface area contributed by atoms with Gasteiger partial charge in [0.2, 0.25) is 0 Å². The minimum absolute atomic E-state index is 0.293. The third-order valence-corrected chi connectivity index (χ3v) is 2.60. The Labute approximate surface area is 115 Å². The van der Waals surface area contributed by atoms with Crippen molar-refractivity contribution in [3.05, 3.63) is 23.8 Å². The maximum absolute atomic E-state index is 11.7. The maximum Gasteiger partial charge on any atom is 0.344 e. The monoisotopic (exact) mass is 276 g/mol. The molecule has 20 heavy (non-hydrogen) atoms. The summed E-state index contributed by atoms with van der Waals surface area (Å²) < 4.78 is 9.74. The van der Waals surface area contributed by atoms with Crippen LogP contribution in [-0.4, -0.2) is 25.2 Å². The number of benzene rings is 1. The smallest absolute Gasteiger partial charge is 0.344 e. The van der Waals surface area contributed by atoms with E-state index in [1.165, 1.54) is 6.07 Å². The molecule has 7 nitrogen and oxygen atoms in total. The molecule has 0 amide bonds. The zero-order valence-electron chi connectivity index (χ0n) is 11.0.